The zero-order chi connectivity index (χ0) is 22.8. The van der Waals surface area contributed by atoms with E-state index in [0.29, 0.717) is 6.54 Å². The van der Waals surface area contributed by atoms with Crippen LogP contribution in [0.25, 0.3) is 28.3 Å². The third-order valence-electron chi connectivity index (χ3n) is 5.11. The van der Waals surface area contributed by atoms with Crippen molar-refractivity contribution in [3.8, 4) is 22.6 Å². The van der Waals surface area contributed by atoms with Crippen LogP contribution in [-0.4, -0.2) is 35.5 Å². The molecule has 0 bridgehead atoms. The third-order valence-corrected chi connectivity index (χ3v) is 5.11. The number of aryl methyl sites for hydroxylation is 1. The zero-order valence-electron chi connectivity index (χ0n) is 18.2. The molecule has 0 fully saturated rings. The second-order valence-corrected chi connectivity index (χ2v) is 7.66. The van der Waals surface area contributed by atoms with Crippen molar-refractivity contribution >= 4 is 22.9 Å². The topological polar surface area (TPSA) is 113 Å². The monoisotopic (exact) mass is 438 g/mol. The van der Waals surface area contributed by atoms with Crippen molar-refractivity contribution in [2.45, 2.75) is 20.4 Å². The van der Waals surface area contributed by atoms with Gasteiger partial charge in [-0.3, -0.25) is 9.78 Å². The summed E-state index contributed by atoms with van der Waals surface area (Å²) in [5.41, 5.74) is 6.74. The van der Waals surface area contributed by atoms with Gasteiger partial charge in [0.05, 0.1) is 23.6 Å². The highest BCUT2D eigenvalue weighted by Gasteiger charge is 2.16. The minimum atomic E-state index is -0.0970. The number of aromatic amines is 1. The molecule has 0 aliphatic carbocycles. The molecule has 33 heavy (non-hydrogen) atoms. The second-order valence-electron chi connectivity index (χ2n) is 7.66. The molecule has 4 aromatic heterocycles. The van der Waals surface area contributed by atoms with Crippen LogP contribution in [0.1, 0.15) is 18.4 Å². The number of anilines is 2. The fourth-order valence-corrected chi connectivity index (χ4v) is 3.60. The molecule has 0 aliphatic rings. The largest absolute Gasteiger partial charge is 0.378 e. The van der Waals surface area contributed by atoms with Crippen molar-refractivity contribution in [2.24, 2.45) is 0 Å². The van der Waals surface area contributed by atoms with E-state index < -0.39 is 0 Å². The molecule has 9 nitrogen and oxygen atoms in total. The molecule has 0 atom stereocenters. The number of pyridine rings is 2. The molecule has 0 unspecified atom stereocenters. The van der Waals surface area contributed by atoms with Crippen molar-refractivity contribution in [1.82, 2.24) is 29.5 Å². The number of fused-ring (bicyclic) bond motifs is 1. The highest BCUT2D eigenvalue weighted by Crippen LogP contribution is 2.29. The molecule has 3 N–H and O–H groups in total. The molecule has 1 amide bonds. The lowest BCUT2D eigenvalue weighted by Gasteiger charge is -2.06. The maximum atomic E-state index is 11.2. The van der Waals surface area contributed by atoms with Crippen molar-refractivity contribution in [3.63, 3.8) is 0 Å². The maximum Gasteiger partial charge on any atom is 0.221 e. The number of hydrogen-bond donors (Lipinski definition) is 3. The van der Waals surface area contributed by atoms with Gasteiger partial charge in [-0.1, -0.05) is 6.07 Å². The molecule has 9 heteroatoms. The first-order valence-corrected chi connectivity index (χ1v) is 10.5. The van der Waals surface area contributed by atoms with Crippen LogP contribution >= 0.6 is 0 Å². The van der Waals surface area contributed by atoms with E-state index in [2.05, 4.69) is 30.7 Å². The van der Waals surface area contributed by atoms with E-state index in [9.17, 15) is 4.79 Å². The Morgan fingerprint density at radius 3 is 2.64 bits per heavy atom. The molecule has 5 aromatic rings. The first-order valence-electron chi connectivity index (χ1n) is 10.5. The predicted molar refractivity (Wildman–Crippen MR) is 127 cm³/mol. The minimum absolute atomic E-state index is 0.0970. The smallest absolute Gasteiger partial charge is 0.221 e. The number of carbonyl (C=O) groups excluding carboxylic acids is 1. The Hall–Kier alpha value is -4.53. The standard InChI is InChI=1S/C24H22N8O/c1-15-4-3-5-20(28-15)24-23(17-6-11-22-26-14-27-32(22)13-17)30-21(31-24)12-25-18-7-9-19(10-8-18)29-16(2)33/h3-11,13-14,25H,12H2,1-2H3,(H,29,33)(H,30,31). The van der Waals surface area contributed by atoms with Crippen LogP contribution in [0.3, 0.4) is 0 Å². The highest BCUT2D eigenvalue weighted by molar-refractivity contribution is 5.88. The quantitative estimate of drug-likeness (QED) is 0.368. The highest BCUT2D eigenvalue weighted by atomic mass is 16.1. The third kappa shape index (κ3) is 4.42. The van der Waals surface area contributed by atoms with E-state index >= 15 is 0 Å². The van der Waals surface area contributed by atoms with Gasteiger partial charge in [-0.05, 0) is 55.5 Å². The van der Waals surface area contributed by atoms with E-state index in [1.54, 1.807) is 4.52 Å². The number of nitrogens with zero attached hydrogens (tertiary/aromatic N) is 5. The van der Waals surface area contributed by atoms with Gasteiger partial charge in [-0.2, -0.15) is 5.10 Å². The van der Waals surface area contributed by atoms with Gasteiger partial charge in [0.15, 0.2) is 5.65 Å². The Balaban J connectivity index is 1.45. The first-order chi connectivity index (χ1) is 16.0. The maximum absolute atomic E-state index is 11.2. The van der Waals surface area contributed by atoms with Crippen LogP contribution in [0.5, 0.6) is 0 Å². The van der Waals surface area contributed by atoms with Crippen molar-refractivity contribution in [3.05, 3.63) is 78.6 Å². The molecule has 0 aliphatic heterocycles. The lowest BCUT2D eigenvalue weighted by Crippen LogP contribution is -2.06. The molecule has 4 heterocycles. The number of H-pyrrole nitrogens is 1. The van der Waals surface area contributed by atoms with Crippen LogP contribution in [0.2, 0.25) is 0 Å². The number of nitrogens with one attached hydrogen (secondary N) is 3. The number of imidazole rings is 1. The molecular weight excluding hydrogens is 416 g/mol. The summed E-state index contributed by atoms with van der Waals surface area (Å²) in [6.45, 7) is 3.94. The number of rotatable bonds is 6. The second kappa shape index (κ2) is 8.54. The molecule has 0 spiro atoms. The number of benzene rings is 1. The van der Waals surface area contributed by atoms with E-state index in [4.69, 9.17) is 4.98 Å². The lowest BCUT2D eigenvalue weighted by atomic mass is 10.1. The van der Waals surface area contributed by atoms with E-state index in [0.717, 1.165) is 51.2 Å². The average Bonchev–Trinajstić information content (AvgIpc) is 3.45. The summed E-state index contributed by atoms with van der Waals surface area (Å²) in [6, 6.07) is 17.4. The van der Waals surface area contributed by atoms with Crippen molar-refractivity contribution in [2.75, 3.05) is 10.6 Å². The molecular formula is C24H22N8O. The van der Waals surface area contributed by atoms with Crippen molar-refractivity contribution < 1.29 is 4.79 Å². The molecule has 1 aromatic carbocycles. The van der Waals surface area contributed by atoms with Gasteiger partial charge in [0, 0.05) is 35.8 Å². The molecule has 0 radical (unpaired) electrons. The summed E-state index contributed by atoms with van der Waals surface area (Å²) in [6.07, 6.45) is 3.44. The first kappa shape index (κ1) is 20.4. The van der Waals surface area contributed by atoms with Gasteiger partial charge in [-0.25, -0.2) is 14.5 Å². The van der Waals surface area contributed by atoms with Gasteiger partial charge in [0.25, 0.3) is 0 Å². The number of amides is 1. The van der Waals surface area contributed by atoms with Crippen molar-refractivity contribution in [1.29, 1.82) is 0 Å². The summed E-state index contributed by atoms with van der Waals surface area (Å²) in [4.78, 5) is 28.4. The van der Waals surface area contributed by atoms with Crippen LogP contribution in [-0.2, 0) is 11.3 Å². The Bertz CT molecular complexity index is 1430. The van der Waals surface area contributed by atoms with Crippen LogP contribution in [0.4, 0.5) is 11.4 Å². The van der Waals surface area contributed by atoms with Crippen LogP contribution in [0, 0.1) is 6.92 Å². The summed E-state index contributed by atoms with van der Waals surface area (Å²) in [5.74, 6) is 0.674. The van der Waals surface area contributed by atoms with Crippen LogP contribution in [0.15, 0.2) is 67.1 Å². The summed E-state index contributed by atoms with van der Waals surface area (Å²) in [5, 5.41) is 10.4. The Morgan fingerprint density at radius 2 is 1.85 bits per heavy atom. The minimum Gasteiger partial charge on any atom is -0.378 e. The summed E-state index contributed by atoms with van der Waals surface area (Å²) in [7, 11) is 0. The van der Waals surface area contributed by atoms with Crippen LogP contribution < -0.4 is 10.6 Å². The van der Waals surface area contributed by atoms with E-state index in [-0.39, 0.29) is 5.91 Å². The fraction of sp³-hybridized carbons (Fsp3) is 0.125. The van der Waals surface area contributed by atoms with E-state index in [1.165, 1.54) is 13.3 Å². The number of hydrogen-bond acceptors (Lipinski definition) is 6. The molecule has 0 saturated heterocycles. The van der Waals surface area contributed by atoms with Gasteiger partial charge in [0.2, 0.25) is 5.91 Å². The van der Waals surface area contributed by atoms with Gasteiger partial charge in [-0.15, -0.1) is 0 Å². The SMILES string of the molecule is CC(=O)Nc1ccc(NCc2nc(-c3ccc4ncnn4c3)c(-c3cccc(C)n3)[nH]2)cc1. The average molecular weight is 438 g/mol. The predicted octanol–water partition coefficient (Wildman–Crippen LogP) is 4.06. The Kier molecular flexibility index (Phi) is 5.27. The van der Waals surface area contributed by atoms with Gasteiger partial charge in [0.1, 0.15) is 12.2 Å². The Labute approximate surface area is 189 Å². The normalized spacial score (nSPS) is 11.0. The number of aromatic nitrogens is 6. The fourth-order valence-electron chi connectivity index (χ4n) is 3.60. The summed E-state index contributed by atoms with van der Waals surface area (Å²) >= 11 is 0. The molecule has 5 rings (SSSR count). The Morgan fingerprint density at radius 1 is 1.03 bits per heavy atom. The lowest BCUT2D eigenvalue weighted by molar-refractivity contribution is -0.114. The van der Waals surface area contributed by atoms with Gasteiger partial charge >= 0.3 is 0 Å². The number of carbonyl (C=O) groups is 1. The molecule has 0 saturated carbocycles. The van der Waals surface area contributed by atoms with E-state index in [1.807, 2.05) is 67.7 Å². The summed E-state index contributed by atoms with van der Waals surface area (Å²) < 4.78 is 1.73. The zero-order valence-corrected chi connectivity index (χ0v) is 18.2. The van der Waals surface area contributed by atoms with Gasteiger partial charge < -0.3 is 15.6 Å². The molecule has 164 valence electrons.